The Kier molecular flexibility index (Phi) is 5.50. The molecule has 0 saturated heterocycles. The molecule has 1 aromatic heterocycles. The molecule has 1 heterocycles. The van der Waals surface area contributed by atoms with Crippen LogP contribution in [0.15, 0.2) is 4.52 Å². The number of ether oxygens (including phenoxy) is 1. The predicted molar refractivity (Wildman–Crippen MR) is 72.8 cm³/mol. The van der Waals surface area contributed by atoms with Gasteiger partial charge in [-0.05, 0) is 25.7 Å². The molecule has 0 radical (unpaired) electrons. The van der Waals surface area contributed by atoms with Gasteiger partial charge in [-0.25, -0.2) is 0 Å². The van der Waals surface area contributed by atoms with Crippen molar-refractivity contribution >= 4 is 0 Å². The average Bonchev–Trinajstić information content (AvgIpc) is 2.73. The summed E-state index contributed by atoms with van der Waals surface area (Å²) in [5, 5.41) is 13.7. The smallest absolute Gasteiger partial charge is 0.232 e. The van der Waals surface area contributed by atoms with Gasteiger partial charge < -0.3 is 14.4 Å². The summed E-state index contributed by atoms with van der Waals surface area (Å²) in [6.45, 7) is 12.5. The highest BCUT2D eigenvalue weighted by atomic mass is 16.5. The Labute approximate surface area is 115 Å². The number of aromatic nitrogens is 2. The molecular weight excluding hydrogens is 244 g/mol. The second kappa shape index (κ2) is 6.48. The van der Waals surface area contributed by atoms with Crippen molar-refractivity contribution in [3.8, 4) is 0 Å². The van der Waals surface area contributed by atoms with E-state index in [0.717, 1.165) is 6.42 Å². The summed E-state index contributed by atoms with van der Waals surface area (Å²) >= 11 is 0. The largest absolute Gasteiger partial charge is 0.393 e. The molecule has 3 atom stereocenters. The lowest BCUT2D eigenvalue weighted by Gasteiger charge is -2.27. The SMILES string of the molecule is CCOC(c1noc(C(CC)C(C)O)n1)C(C)(C)C. The van der Waals surface area contributed by atoms with E-state index in [-0.39, 0.29) is 17.4 Å². The Morgan fingerprint density at radius 3 is 2.37 bits per heavy atom. The Morgan fingerprint density at radius 1 is 1.32 bits per heavy atom. The highest BCUT2D eigenvalue weighted by Crippen LogP contribution is 2.35. The van der Waals surface area contributed by atoms with Crippen LogP contribution < -0.4 is 0 Å². The summed E-state index contributed by atoms with van der Waals surface area (Å²) in [5.41, 5.74) is -0.107. The summed E-state index contributed by atoms with van der Waals surface area (Å²) in [4.78, 5) is 4.43. The van der Waals surface area contributed by atoms with Gasteiger partial charge in [-0.1, -0.05) is 32.9 Å². The maximum atomic E-state index is 9.72. The fourth-order valence-corrected chi connectivity index (χ4v) is 2.10. The molecule has 110 valence electrons. The molecule has 1 aromatic rings. The fourth-order valence-electron chi connectivity index (χ4n) is 2.10. The molecular formula is C14H26N2O3. The third-order valence-corrected chi connectivity index (χ3v) is 3.15. The maximum Gasteiger partial charge on any atom is 0.232 e. The van der Waals surface area contributed by atoms with Crippen molar-refractivity contribution < 1.29 is 14.4 Å². The lowest BCUT2D eigenvalue weighted by Crippen LogP contribution is -2.23. The lowest BCUT2D eigenvalue weighted by atomic mass is 9.88. The summed E-state index contributed by atoms with van der Waals surface area (Å²) in [5.74, 6) is 0.924. The van der Waals surface area contributed by atoms with Crippen molar-refractivity contribution in [1.29, 1.82) is 0 Å². The second-order valence-electron chi connectivity index (χ2n) is 5.95. The van der Waals surface area contributed by atoms with Gasteiger partial charge in [0.25, 0.3) is 0 Å². The van der Waals surface area contributed by atoms with Crippen LogP contribution in [0.2, 0.25) is 0 Å². The molecule has 0 aromatic carbocycles. The summed E-state index contributed by atoms with van der Waals surface area (Å²) < 4.78 is 11.0. The third kappa shape index (κ3) is 4.01. The first kappa shape index (κ1) is 16.1. The van der Waals surface area contributed by atoms with Gasteiger partial charge in [0.05, 0.1) is 12.0 Å². The first-order valence-corrected chi connectivity index (χ1v) is 6.94. The molecule has 1 N–H and O–H groups in total. The van der Waals surface area contributed by atoms with Crippen LogP contribution in [0.25, 0.3) is 0 Å². The third-order valence-electron chi connectivity index (χ3n) is 3.15. The van der Waals surface area contributed by atoms with Gasteiger partial charge in [-0.3, -0.25) is 0 Å². The van der Waals surface area contributed by atoms with E-state index in [0.29, 0.717) is 18.3 Å². The zero-order valence-electron chi connectivity index (χ0n) is 12.8. The van der Waals surface area contributed by atoms with Crippen LogP contribution in [0, 0.1) is 5.41 Å². The highest BCUT2D eigenvalue weighted by Gasteiger charge is 2.32. The highest BCUT2D eigenvalue weighted by molar-refractivity contribution is 5.01. The van der Waals surface area contributed by atoms with E-state index < -0.39 is 6.10 Å². The maximum absolute atomic E-state index is 9.72. The predicted octanol–water partition coefficient (Wildman–Crippen LogP) is 3.07. The zero-order chi connectivity index (χ0) is 14.6. The monoisotopic (exact) mass is 270 g/mol. The van der Waals surface area contributed by atoms with E-state index in [9.17, 15) is 5.11 Å². The zero-order valence-corrected chi connectivity index (χ0v) is 12.8. The number of aliphatic hydroxyl groups excluding tert-OH is 1. The van der Waals surface area contributed by atoms with Crippen LogP contribution in [0.4, 0.5) is 0 Å². The molecule has 19 heavy (non-hydrogen) atoms. The van der Waals surface area contributed by atoms with Crippen molar-refractivity contribution in [2.75, 3.05) is 6.61 Å². The lowest BCUT2D eigenvalue weighted by molar-refractivity contribution is -0.0203. The number of nitrogens with zero attached hydrogens (tertiary/aromatic N) is 2. The molecule has 1 rings (SSSR count). The summed E-state index contributed by atoms with van der Waals surface area (Å²) in [6, 6.07) is 0. The Hall–Kier alpha value is -0.940. The van der Waals surface area contributed by atoms with Crippen molar-refractivity contribution in [3.05, 3.63) is 11.7 Å². The molecule has 0 aliphatic carbocycles. The molecule has 0 aliphatic heterocycles. The summed E-state index contributed by atoms with van der Waals surface area (Å²) in [7, 11) is 0. The fraction of sp³-hybridized carbons (Fsp3) is 0.857. The van der Waals surface area contributed by atoms with Gasteiger partial charge in [-0.2, -0.15) is 4.98 Å². The molecule has 0 spiro atoms. The first-order chi connectivity index (χ1) is 8.81. The van der Waals surface area contributed by atoms with Crippen LogP contribution in [0.1, 0.15) is 71.7 Å². The van der Waals surface area contributed by atoms with Gasteiger partial charge in [0.2, 0.25) is 11.7 Å². The second-order valence-corrected chi connectivity index (χ2v) is 5.95. The molecule has 5 heteroatoms. The van der Waals surface area contributed by atoms with E-state index in [4.69, 9.17) is 9.26 Å². The van der Waals surface area contributed by atoms with E-state index in [1.807, 2.05) is 13.8 Å². The number of aliphatic hydroxyl groups is 1. The van der Waals surface area contributed by atoms with Crippen LogP contribution in [0.3, 0.4) is 0 Å². The van der Waals surface area contributed by atoms with Gasteiger partial charge in [0, 0.05) is 6.61 Å². The summed E-state index contributed by atoms with van der Waals surface area (Å²) in [6.07, 6.45) is 0.0497. The molecule has 0 bridgehead atoms. The van der Waals surface area contributed by atoms with Crippen molar-refractivity contribution in [2.45, 2.75) is 66.1 Å². The molecule has 0 amide bonds. The topological polar surface area (TPSA) is 68.4 Å². The van der Waals surface area contributed by atoms with E-state index >= 15 is 0 Å². The van der Waals surface area contributed by atoms with E-state index in [1.165, 1.54) is 0 Å². The minimum Gasteiger partial charge on any atom is -0.393 e. The van der Waals surface area contributed by atoms with Crippen LogP contribution in [-0.4, -0.2) is 28.0 Å². The minimum absolute atomic E-state index is 0.107. The Morgan fingerprint density at radius 2 is 1.95 bits per heavy atom. The van der Waals surface area contributed by atoms with E-state index in [2.05, 4.69) is 30.9 Å². The number of rotatable bonds is 6. The van der Waals surface area contributed by atoms with Crippen molar-refractivity contribution in [1.82, 2.24) is 10.1 Å². The Bertz CT molecular complexity index is 382. The number of hydrogen-bond donors (Lipinski definition) is 1. The molecule has 5 nitrogen and oxygen atoms in total. The quantitative estimate of drug-likeness (QED) is 0.860. The molecule has 0 aliphatic rings. The van der Waals surface area contributed by atoms with E-state index in [1.54, 1.807) is 6.92 Å². The van der Waals surface area contributed by atoms with Crippen LogP contribution in [-0.2, 0) is 4.74 Å². The first-order valence-electron chi connectivity index (χ1n) is 6.94. The van der Waals surface area contributed by atoms with Gasteiger partial charge in [-0.15, -0.1) is 0 Å². The van der Waals surface area contributed by atoms with Gasteiger partial charge in [0.15, 0.2) is 0 Å². The molecule has 0 fully saturated rings. The van der Waals surface area contributed by atoms with Crippen LogP contribution >= 0.6 is 0 Å². The normalized spacial score (nSPS) is 17.2. The standard InChI is InChI=1S/C14H26N2O3/c1-7-10(9(3)17)13-15-12(16-19-13)11(18-8-2)14(4,5)6/h9-11,17H,7-8H2,1-6H3. The van der Waals surface area contributed by atoms with Crippen molar-refractivity contribution in [3.63, 3.8) is 0 Å². The van der Waals surface area contributed by atoms with Crippen molar-refractivity contribution in [2.24, 2.45) is 5.41 Å². The molecule has 0 saturated carbocycles. The minimum atomic E-state index is -0.501. The molecule has 3 unspecified atom stereocenters. The number of hydrogen-bond acceptors (Lipinski definition) is 5. The average molecular weight is 270 g/mol. The van der Waals surface area contributed by atoms with Gasteiger partial charge >= 0.3 is 0 Å². The van der Waals surface area contributed by atoms with Gasteiger partial charge in [0.1, 0.15) is 6.10 Å². The van der Waals surface area contributed by atoms with Crippen LogP contribution in [0.5, 0.6) is 0 Å². The Balaban J connectivity index is 2.99.